The molecule has 10 nitrogen and oxygen atoms in total. The highest BCUT2D eigenvalue weighted by molar-refractivity contribution is 5.90. The van der Waals surface area contributed by atoms with Crippen LogP contribution in [0.2, 0.25) is 0 Å². The van der Waals surface area contributed by atoms with Gasteiger partial charge in [0.15, 0.2) is 0 Å². The van der Waals surface area contributed by atoms with E-state index in [1.54, 1.807) is 11.6 Å². The van der Waals surface area contributed by atoms with Gasteiger partial charge in [-0.3, -0.25) is 30.0 Å². The predicted octanol–water partition coefficient (Wildman–Crippen LogP) is 2.06. The molecule has 0 saturated heterocycles. The van der Waals surface area contributed by atoms with Crippen molar-refractivity contribution in [3.05, 3.63) is 42.0 Å². The van der Waals surface area contributed by atoms with Gasteiger partial charge < -0.3 is 11.1 Å². The number of carbonyl (C=O) groups excluding carboxylic acids is 4. The Morgan fingerprint density at radius 1 is 1.00 bits per heavy atom. The number of primary amides is 1. The van der Waals surface area contributed by atoms with Gasteiger partial charge >= 0.3 is 6.03 Å². The lowest BCUT2D eigenvalue weighted by Gasteiger charge is -2.30. The number of nitrogens with two attached hydrogens (primary N) is 1. The maximum Gasteiger partial charge on any atom is 0.312 e. The van der Waals surface area contributed by atoms with Gasteiger partial charge in [0.25, 0.3) is 5.91 Å². The lowest BCUT2D eigenvalue weighted by atomic mass is 9.82. The molecule has 0 bridgehead atoms. The largest absolute Gasteiger partial charge is 0.352 e. The van der Waals surface area contributed by atoms with Crippen LogP contribution in [-0.4, -0.2) is 47.1 Å². The Hall–Kier alpha value is -3.40. The van der Waals surface area contributed by atoms with Crippen molar-refractivity contribution in [2.45, 2.75) is 40.5 Å². The first kappa shape index (κ1) is 28.6. The van der Waals surface area contributed by atoms with Gasteiger partial charge in [0.2, 0.25) is 11.8 Å². The zero-order chi connectivity index (χ0) is 25.7. The number of amides is 5. The maximum absolute atomic E-state index is 13.3. The van der Waals surface area contributed by atoms with Gasteiger partial charge in [-0.15, -0.1) is 0 Å². The van der Waals surface area contributed by atoms with E-state index in [0.717, 1.165) is 10.6 Å². The molecule has 0 spiro atoms. The number of hydrogen-bond donors (Lipinski definition) is 5. The number of allylic oxidation sites excluding steroid dienone is 1. The van der Waals surface area contributed by atoms with Crippen molar-refractivity contribution >= 4 is 29.8 Å². The summed E-state index contributed by atoms with van der Waals surface area (Å²) >= 11 is 0. The molecule has 1 rings (SSSR count). The van der Waals surface area contributed by atoms with Crippen molar-refractivity contribution in [3.63, 3.8) is 0 Å². The lowest BCUT2D eigenvalue weighted by Crippen LogP contribution is -2.54. The van der Waals surface area contributed by atoms with Crippen LogP contribution in [0.4, 0.5) is 4.79 Å². The Kier molecular flexibility index (Phi) is 12.4. The van der Waals surface area contributed by atoms with Crippen LogP contribution in [0, 0.1) is 23.7 Å². The van der Waals surface area contributed by atoms with Gasteiger partial charge in [-0.1, -0.05) is 70.2 Å². The first-order chi connectivity index (χ1) is 16.0. The van der Waals surface area contributed by atoms with E-state index in [1.165, 1.54) is 0 Å². The van der Waals surface area contributed by atoms with E-state index >= 15 is 0 Å². The van der Waals surface area contributed by atoms with E-state index < -0.39 is 35.6 Å². The molecule has 0 aliphatic heterocycles. The van der Waals surface area contributed by atoms with Crippen LogP contribution in [0.15, 0.2) is 36.4 Å². The third-order valence-electron chi connectivity index (χ3n) is 5.00. The van der Waals surface area contributed by atoms with Crippen LogP contribution < -0.4 is 22.0 Å². The van der Waals surface area contributed by atoms with Crippen LogP contribution in [0.1, 0.15) is 46.1 Å². The van der Waals surface area contributed by atoms with E-state index in [1.807, 2.05) is 64.1 Å². The molecule has 5 amide bonds. The monoisotopic (exact) mass is 475 g/mol. The average Bonchev–Trinajstić information content (AvgIpc) is 2.78. The second kappa shape index (κ2) is 14.7. The van der Waals surface area contributed by atoms with Crippen molar-refractivity contribution in [2.24, 2.45) is 29.4 Å². The minimum Gasteiger partial charge on any atom is -0.352 e. The van der Waals surface area contributed by atoms with E-state index in [4.69, 9.17) is 5.73 Å². The third-order valence-corrected chi connectivity index (χ3v) is 5.00. The van der Waals surface area contributed by atoms with Crippen molar-refractivity contribution in [1.82, 2.24) is 21.2 Å². The zero-order valence-corrected chi connectivity index (χ0v) is 20.3. The van der Waals surface area contributed by atoms with E-state index in [2.05, 4.69) is 10.7 Å². The Morgan fingerprint density at radius 2 is 1.65 bits per heavy atom. The second-order valence-electron chi connectivity index (χ2n) is 8.96. The van der Waals surface area contributed by atoms with E-state index in [9.17, 15) is 24.4 Å². The highest BCUT2D eigenvalue weighted by Crippen LogP contribution is 2.25. The number of hydrazine groups is 1. The molecule has 10 heteroatoms. The molecule has 1 aromatic carbocycles. The topological polar surface area (TPSA) is 154 Å². The quantitative estimate of drug-likeness (QED) is 0.231. The minimum absolute atomic E-state index is 0.0201. The molecule has 0 fully saturated rings. The fourth-order valence-electron chi connectivity index (χ4n) is 3.46. The molecule has 0 aromatic heterocycles. The standard InChI is InChI=1S/C24H37N5O5/c1-16(2)13-20(19(23(32)28-34)12-8-11-18-9-6-5-7-10-18)22(31)27-29(15-17(3)4)21(30)14-26-24(25)33/h5-11,16-17,19-20,34H,12-15H2,1-4H3,(H,27,31)(H,28,32)(H3,25,26,33)/t19-,20+/m0/s1. The Balaban J connectivity index is 3.11. The van der Waals surface area contributed by atoms with E-state index in [-0.39, 0.29) is 31.3 Å². The Labute approximate surface area is 200 Å². The summed E-state index contributed by atoms with van der Waals surface area (Å²) in [6, 6.07) is 8.63. The maximum atomic E-state index is 13.3. The third kappa shape index (κ3) is 10.5. The second-order valence-corrected chi connectivity index (χ2v) is 8.96. The van der Waals surface area contributed by atoms with Gasteiger partial charge in [0, 0.05) is 6.54 Å². The number of urea groups is 1. The van der Waals surface area contributed by atoms with Crippen LogP contribution in [-0.2, 0) is 14.4 Å². The normalized spacial score (nSPS) is 12.9. The molecule has 0 unspecified atom stereocenters. The molecule has 188 valence electrons. The van der Waals surface area contributed by atoms with Crippen molar-refractivity contribution in [1.29, 1.82) is 0 Å². The summed E-state index contributed by atoms with van der Waals surface area (Å²) in [5.41, 5.74) is 10.3. The number of nitrogens with one attached hydrogen (secondary N) is 3. The van der Waals surface area contributed by atoms with Crippen LogP contribution in [0.25, 0.3) is 6.08 Å². The number of rotatable bonds is 12. The van der Waals surface area contributed by atoms with Crippen LogP contribution in [0.5, 0.6) is 0 Å². The summed E-state index contributed by atoms with van der Waals surface area (Å²) in [7, 11) is 0. The molecule has 0 saturated carbocycles. The molecule has 6 N–H and O–H groups in total. The molecule has 0 aliphatic carbocycles. The fourth-order valence-corrected chi connectivity index (χ4v) is 3.46. The molecule has 2 atom stereocenters. The van der Waals surface area contributed by atoms with Gasteiger partial charge in [-0.25, -0.2) is 10.3 Å². The average molecular weight is 476 g/mol. The van der Waals surface area contributed by atoms with E-state index in [0.29, 0.717) is 6.42 Å². The molecule has 0 aliphatic rings. The molecule has 34 heavy (non-hydrogen) atoms. The number of nitrogens with zero attached hydrogens (tertiary/aromatic N) is 1. The summed E-state index contributed by atoms with van der Waals surface area (Å²) in [6.07, 6.45) is 4.18. The summed E-state index contributed by atoms with van der Waals surface area (Å²) in [5, 5.41) is 12.7. The van der Waals surface area contributed by atoms with Crippen LogP contribution >= 0.6 is 0 Å². The Morgan fingerprint density at radius 3 is 2.18 bits per heavy atom. The summed E-state index contributed by atoms with van der Waals surface area (Å²) in [6.45, 7) is 7.40. The Bertz CT molecular complexity index is 841. The summed E-state index contributed by atoms with van der Waals surface area (Å²) in [5.74, 6) is -3.36. The first-order valence-corrected chi connectivity index (χ1v) is 11.3. The smallest absolute Gasteiger partial charge is 0.312 e. The highest BCUT2D eigenvalue weighted by Gasteiger charge is 2.35. The number of hydroxylamine groups is 1. The van der Waals surface area contributed by atoms with Gasteiger partial charge in [0.1, 0.15) is 6.54 Å². The summed E-state index contributed by atoms with van der Waals surface area (Å²) < 4.78 is 0. The van der Waals surface area contributed by atoms with Crippen molar-refractivity contribution < 1.29 is 24.4 Å². The zero-order valence-electron chi connectivity index (χ0n) is 20.3. The van der Waals surface area contributed by atoms with Gasteiger partial charge in [0.05, 0.1) is 11.8 Å². The first-order valence-electron chi connectivity index (χ1n) is 11.3. The highest BCUT2D eigenvalue weighted by atomic mass is 16.5. The van der Waals surface area contributed by atoms with Gasteiger partial charge in [-0.2, -0.15) is 0 Å². The van der Waals surface area contributed by atoms with Crippen molar-refractivity contribution in [2.75, 3.05) is 13.1 Å². The minimum atomic E-state index is -0.868. The molecule has 0 radical (unpaired) electrons. The fraction of sp³-hybridized carbons (Fsp3) is 0.500. The van der Waals surface area contributed by atoms with Crippen LogP contribution in [0.3, 0.4) is 0 Å². The summed E-state index contributed by atoms with van der Waals surface area (Å²) in [4.78, 5) is 49.4. The van der Waals surface area contributed by atoms with Gasteiger partial charge in [-0.05, 0) is 30.2 Å². The lowest BCUT2D eigenvalue weighted by molar-refractivity contribution is -0.147. The van der Waals surface area contributed by atoms with Crippen molar-refractivity contribution in [3.8, 4) is 0 Å². The number of hydrogen-bond acceptors (Lipinski definition) is 5. The number of benzene rings is 1. The number of carbonyl (C=O) groups is 4. The molecule has 0 heterocycles. The predicted molar refractivity (Wildman–Crippen MR) is 129 cm³/mol. The molecule has 1 aromatic rings. The molecular weight excluding hydrogens is 438 g/mol. The SMILES string of the molecule is CC(C)C[C@@H](C(=O)NN(CC(C)C)C(=O)CNC(N)=O)[C@H](CC=Cc1ccccc1)C(=O)NO. The molecular formula is C24H37N5O5.